The van der Waals surface area contributed by atoms with E-state index in [9.17, 15) is 13.2 Å². The Kier molecular flexibility index (Phi) is 7.13. The van der Waals surface area contributed by atoms with Crippen LogP contribution in [0.3, 0.4) is 0 Å². The average molecular weight is 421 g/mol. The first-order valence-corrected chi connectivity index (χ1v) is 11.0. The smallest absolute Gasteiger partial charge is 0.244 e. The fraction of sp³-hybridized carbons (Fsp3) is 0.381. The molecule has 0 bridgehead atoms. The number of aryl methyl sites for hydroxylation is 1. The van der Waals surface area contributed by atoms with Crippen molar-refractivity contribution in [2.24, 2.45) is 0 Å². The molecule has 0 aliphatic heterocycles. The molecule has 2 aromatic rings. The van der Waals surface area contributed by atoms with Gasteiger partial charge in [0.15, 0.2) is 0 Å². The van der Waals surface area contributed by atoms with Crippen molar-refractivity contribution in [3.8, 4) is 11.5 Å². The first-order valence-electron chi connectivity index (χ1n) is 9.16. The Morgan fingerprint density at radius 3 is 2.17 bits per heavy atom. The third kappa shape index (κ3) is 5.41. The molecule has 1 amide bonds. The standard InChI is InChI=1S/C21H28N2O5S/c1-14-7-12-20(28-5)19(13-14)23(29(6,25)26)16(3)21(24)22-15(2)17-8-10-18(27-4)11-9-17/h7-13,15-16H,1-6H3,(H,22,24)/t15-,16+/m1/s1. The van der Waals surface area contributed by atoms with Crippen molar-refractivity contribution >= 4 is 21.6 Å². The molecule has 0 radical (unpaired) electrons. The van der Waals surface area contributed by atoms with Crippen LogP contribution >= 0.6 is 0 Å². The topological polar surface area (TPSA) is 84.9 Å². The zero-order chi connectivity index (χ0) is 21.8. The monoisotopic (exact) mass is 420 g/mol. The zero-order valence-corrected chi connectivity index (χ0v) is 18.4. The number of hydrogen-bond donors (Lipinski definition) is 1. The number of amides is 1. The number of hydrogen-bond acceptors (Lipinski definition) is 5. The van der Waals surface area contributed by atoms with Gasteiger partial charge in [0.05, 0.1) is 32.2 Å². The summed E-state index contributed by atoms with van der Waals surface area (Å²) in [5, 5.41) is 2.88. The van der Waals surface area contributed by atoms with Gasteiger partial charge in [-0.3, -0.25) is 9.10 Å². The van der Waals surface area contributed by atoms with Crippen molar-refractivity contribution in [1.29, 1.82) is 0 Å². The fourth-order valence-electron chi connectivity index (χ4n) is 3.06. The maximum absolute atomic E-state index is 12.9. The summed E-state index contributed by atoms with van der Waals surface area (Å²) >= 11 is 0. The predicted molar refractivity (Wildman–Crippen MR) is 114 cm³/mol. The highest BCUT2D eigenvalue weighted by Gasteiger charge is 2.32. The minimum atomic E-state index is -3.75. The van der Waals surface area contributed by atoms with E-state index in [1.54, 1.807) is 26.2 Å². The molecule has 1 N–H and O–H groups in total. The molecule has 0 fully saturated rings. The van der Waals surface area contributed by atoms with Crippen LogP contribution < -0.4 is 19.1 Å². The highest BCUT2D eigenvalue weighted by atomic mass is 32.2. The summed E-state index contributed by atoms with van der Waals surface area (Å²) in [7, 11) is -0.697. The van der Waals surface area contributed by atoms with Gasteiger partial charge in [-0.1, -0.05) is 18.2 Å². The Labute approximate surface area is 172 Å². The number of benzene rings is 2. The summed E-state index contributed by atoms with van der Waals surface area (Å²) in [6.45, 7) is 5.24. The predicted octanol–water partition coefficient (Wildman–Crippen LogP) is 3.04. The molecule has 0 unspecified atom stereocenters. The number of nitrogens with zero attached hydrogens (tertiary/aromatic N) is 1. The van der Waals surface area contributed by atoms with E-state index in [1.165, 1.54) is 7.11 Å². The van der Waals surface area contributed by atoms with Crippen molar-refractivity contribution in [2.45, 2.75) is 32.9 Å². The lowest BCUT2D eigenvalue weighted by Gasteiger charge is -2.30. The van der Waals surface area contributed by atoms with E-state index in [4.69, 9.17) is 9.47 Å². The van der Waals surface area contributed by atoms with E-state index in [2.05, 4.69) is 5.32 Å². The first-order chi connectivity index (χ1) is 13.6. The molecule has 0 saturated heterocycles. The minimum Gasteiger partial charge on any atom is -0.497 e. The Morgan fingerprint density at radius 2 is 1.66 bits per heavy atom. The minimum absolute atomic E-state index is 0.309. The number of anilines is 1. The lowest BCUT2D eigenvalue weighted by Crippen LogP contribution is -2.48. The lowest BCUT2D eigenvalue weighted by molar-refractivity contribution is -0.122. The molecule has 0 aliphatic carbocycles. The SMILES string of the molecule is COc1ccc([C@@H](C)NC(=O)[C@H](C)N(c2cc(C)ccc2OC)S(C)(=O)=O)cc1. The maximum atomic E-state index is 12.9. The Balaban J connectivity index is 2.30. The summed E-state index contributed by atoms with van der Waals surface area (Å²) in [6.07, 6.45) is 1.07. The number of methoxy groups -OCH3 is 2. The third-order valence-corrected chi connectivity index (χ3v) is 5.86. The summed E-state index contributed by atoms with van der Waals surface area (Å²) in [5.74, 6) is 0.682. The van der Waals surface area contributed by atoms with Gasteiger partial charge in [-0.05, 0) is 56.2 Å². The fourth-order valence-corrected chi connectivity index (χ4v) is 4.23. The van der Waals surface area contributed by atoms with E-state index in [0.717, 1.165) is 27.4 Å². The van der Waals surface area contributed by atoms with E-state index in [0.29, 0.717) is 11.4 Å². The van der Waals surface area contributed by atoms with Crippen LogP contribution in [0, 0.1) is 6.92 Å². The van der Waals surface area contributed by atoms with Crippen LogP contribution in [-0.4, -0.2) is 40.8 Å². The van der Waals surface area contributed by atoms with Crippen LogP contribution in [0.15, 0.2) is 42.5 Å². The molecule has 29 heavy (non-hydrogen) atoms. The molecule has 0 heterocycles. The van der Waals surface area contributed by atoms with Gasteiger partial charge in [0, 0.05) is 0 Å². The lowest BCUT2D eigenvalue weighted by atomic mass is 10.1. The summed E-state index contributed by atoms with van der Waals surface area (Å²) < 4.78 is 36.7. The van der Waals surface area contributed by atoms with Crippen molar-refractivity contribution in [1.82, 2.24) is 5.32 Å². The highest BCUT2D eigenvalue weighted by molar-refractivity contribution is 7.92. The number of nitrogens with one attached hydrogen (secondary N) is 1. The summed E-state index contributed by atoms with van der Waals surface area (Å²) in [6, 6.07) is 11.2. The second-order valence-electron chi connectivity index (χ2n) is 6.91. The molecule has 0 spiro atoms. The highest BCUT2D eigenvalue weighted by Crippen LogP contribution is 2.32. The Hall–Kier alpha value is -2.74. The Morgan fingerprint density at radius 1 is 1.03 bits per heavy atom. The van der Waals surface area contributed by atoms with Crippen molar-refractivity contribution in [3.63, 3.8) is 0 Å². The van der Waals surface area contributed by atoms with Gasteiger partial charge in [-0.25, -0.2) is 8.42 Å². The van der Waals surface area contributed by atoms with Crippen LogP contribution in [0.4, 0.5) is 5.69 Å². The van der Waals surface area contributed by atoms with Gasteiger partial charge in [0.2, 0.25) is 15.9 Å². The summed E-state index contributed by atoms with van der Waals surface area (Å²) in [4.78, 5) is 12.9. The van der Waals surface area contributed by atoms with Gasteiger partial charge in [-0.15, -0.1) is 0 Å². The number of rotatable bonds is 8. The molecule has 0 aliphatic rings. The van der Waals surface area contributed by atoms with Crippen molar-refractivity contribution < 1.29 is 22.7 Å². The molecule has 8 heteroatoms. The average Bonchev–Trinajstić information content (AvgIpc) is 2.67. The van der Waals surface area contributed by atoms with Gasteiger partial charge in [0.1, 0.15) is 17.5 Å². The molecule has 0 aromatic heterocycles. The summed E-state index contributed by atoms with van der Waals surface area (Å²) in [5.41, 5.74) is 2.06. The van der Waals surface area contributed by atoms with E-state index in [-0.39, 0.29) is 6.04 Å². The quantitative estimate of drug-likeness (QED) is 0.710. The van der Waals surface area contributed by atoms with E-state index >= 15 is 0 Å². The first kappa shape index (κ1) is 22.5. The number of carbonyl (C=O) groups excluding carboxylic acids is 1. The van der Waals surface area contributed by atoms with Crippen LogP contribution in [0.25, 0.3) is 0 Å². The van der Waals surface area contributed by atoms with Gasteiger partial charge >= 0.3 is 0 Å². The second kappa shape index (κ2) is 9.17. The number of ether oxygens (including phenoxy) is 2. The van der Waals surface area contributed by atoms with E-state index in [1.807, 2.05) is 44.2 Å². The van der Waals surface area contributed by atoms with Crippen molar-refractivity contribution in [2.75, 3.05) is 24.8 Å². The van der Waals surface area contributed by atoms with Gasteiger partial charge in [-0.2, -0.15) is 0 Å². The molecular weight excluding hydrogens is 392 g/mol. The molecule has 2 aromatic carbocycles. The molecule has 158 valence electrons. The second-order valence-corrected chi connectivity index (χ2v) is 8.77. The zero-order valence-electron chi connectivity index (χ0n) is 17.6. The molecule has 7 nitrogen and oxygen atoms in total. The maximum Gasteiger partial charge on any atom is 0.244 e. The van der Waals surface area contributed by atoms with Crippen LogP contribution in [-0.2, 0) is 14.8 Å². The van der Waals surface area contributed by atoms with Crippen LogP contribution in [0.1, 0.15) is 31.0 Å². The normalized spacial score (nSPS) is 13.3. The van der Waals surface area contributed by atoms with Gasteiger partial charge < -0.3 is 14.8 Å². The Bertz CT molecular complexity index is 958. The van der Waals surface area contributed by atoms with E-state index < -0.39 is 22.0 Å². The third-order valence-electron chi connectivity index (χ3n) is 4.63. The molecule has 0 saturated carbocycles. The largest absolute Gasteiger partial charge is 0.497 e. The molecule has 2 rings (SSSR count). The van der Waals surface area contributed by atoms with Gasteiger partial charge in [0.25, 0.3) is 0 Å². The molecule has 2 atom stereocenters. The number of sulfonamides is 1. The molecular formula is C21H28N2O5S. The van der Waals surface area contributed by atoms with Crippen LogP contribution in [0.2, 0.25) is 0 Å². The van der Waals surface area contributed by atoms with Crippen molar-refractivity contribution in [3.05, 3.63) is 53.6 Å². The van der Waals surface area contributed by atoms with Crippen LogP contribution in [0.5, 0.6) is 11.5 Å². The number of carbonyl (C=O) groups is 1.